The second kappa shape index (κ2) is 7.17. The van der Waals surface area contributed by atoms with Crippen molar-refractivity contribution in [1.29, 1.82) is 0 Å². The van der Waals surface area contributed by atoms with Crippen LogP contribution in [0.25, 0.3) is 0 Å². The van der Waals surface area contributed by atoms with E-state index >= 15 is 0 Å². The van der Waals surface area contributed by atoms with Crippen LogP contribution >= 0.6 is 22.6 Å². The zero-order chi connectivity index (χ0) is 14.6. The first-order valence-corrected chi connectivity index (χ1v) is 8.11. The van der Waals surface area contributed by atoms with Crippen LogP contribution in [0.4, 0.5) is 0 Å². The molecule has 0 N–H and O–H groups in total. The molecule has 0 saturated carbocycles. The fourth-order valence-electron chi connectivity index (χ4n) is 2.13. The minimum atomic E-state index is 0.0189. The topological polar surface area (TPSA) is 34.1 Å². The Bertz CT molecular complexity index is 493. The van der Waals surface area contributed by atoms with Crippen molar-refractivity contribution in [2.45, 2.75) is 47.0 Å². The number of ketones is 2. The zero-order valence-electron chi connectivity index (χ0n) is 12.1. The number of rotatable bonds is 5. The number of hydrogen-bond acceptors (Lipinski definition) is 2. The van der Waals surface area contributed by atoms with Gasteiger partial charge in [-0.25, -0.2) is 0 Å². The maximum atomic E-state index is 12.2. The normalized spacial score (nSPS) is 17.6. The maximum absolute atomic E-state index is 12.2. The number of carbonyl (C=O) groups is 2. The molecule has 0 saturated heterocycles. The summed E-state index contributed by atoms with van der Waals surface area (Å²) in [6, 6.07) is 0. The summed E-state index contributed by atoms with van der Waals surface area (Å²) in [5.41, 5.74) is 3.77. The van der Waals surface area contributed by atoms with Crippen molar-refractivity contribution in [3.8, 4) is 0 Å². The van der Waals surface area contributed by atoms with E-state index < -0.39 is 0 Å². The van der Waals surface area contributed by atoms with E-state index in [1.54, 1.807) is 20.8 Å². The van der Waals surface area contributed by atoms with Gasteiger partial charge in [0.2, 0.25) is 0 Å². The molecule has 0 aromatic carbocycles. The number of alkyl halides is 1. The standard InChI is InChI=1S/C16H21IO2/c1-10(6-5-9-17)7-8-14-13(4)15(18)11(2)12(3)16(14)19/h7H,5-6,8-9H2,1-4H3/b10-7+. The van der Waals surface area contributed by atoms with Crippen LogP contribution in [-0.2, 0) is 9.59 Å². The van der Waals surface area contributed by atoms with Gasteiger partial charge in [0.05, 0.1) is 0 Å². The van der Waals surface area contributed by atoms with Gasteiger partial charge in [-0.15, -0.1) is 0 Å². The fourth-order valence-corrected chi connectivity index (χ4v) is 2.51. The second-order valence-electron chi connectivity index (χ2n) is 5.06. The van der Waals surface area contributed by atoms with Crippen LogP contribution < -0.4 is 0 Å². The highest BCUT2D eigenvalue weighted by atomic mass is 127. The third-order valence-electron chi connectivity index (χ3n) is 3.67. The molecule has 19 heavy (non-hydrogen) atoms. The lowest BCUT2D eigenvalue weighted by atomic mass is 9.84. The number of halogens is 1. The summed E-state index contributed by atoms with van der Waals surface area (Å²) < 4.78 is 1.14. The Morgan fingerprint density at radius 1 is 1.05 bits per heavy atom. The van der Waals surface area contributed by atoms with E-state index in [0.29, 0.717) is 28.7 Å². The van der Waals surface area contributed by atoms with Crippen molar-refractivity contribution in [3.63, 3.8) is 0 Å². The minimum absolute atomic E-state index is 0.0189. The molecule has 104 valence electrons. The van der Waals surface area contributed by atoms with Gasteiger partial charge >= 0.3 is 0 Å². The molecular formula is C16H21IO2. The lowest BCUT2D eigenvalue weighted by Gasteiger charge is -2.17. The Morgan fingerprint density at radius 3 is 2.21 bits per heavy atom. The monoisotopic (exact) mass is 372 g/mol. The Hall–Kier alpha value is -0.710. The van der Waals surface area contributed by atoms with Crippen molar-refractivity contribution >= 4 is 34.2 Å². The molecule has 2 nitrogen and oxygen atoms in total. The molecule has 0 bridgehead atoms. The fraction of sp³-hybridized carbons (Fsp3) is 0.500. The molecule has 1 aliphatic carbocycles. The van der Waals surface area contributed by atoms with Crippen LogP contribution in [-0.4, -0.2) is 16.0 Å². The lowest BCUT2D eigenvalue weighted by molar-refractivity contribution is -0.116. The van der Waals surface area contributed by atoms with Crippen LogP contribution in [0, 0.1) is 0 Å². The average molecular weight is 372 g/mol. The molecule has 0 aromatic rings. The Balaban J connectivity index is 2.89. The summed E-state index contributed by atoms with van der Waals surface area (Å²) in [6.07, 6.45) is 4.88. The van der Waals surface area contributed by atoms with E-state index in [-0.39, 0.29) is 11.6 Å². The highest BCUT2D eigenvalue weighted by Gasteiger charge is 2.26. The van der Waals surface area contributed by atoms with Crippen LogP contribution in [0.1, 0.15) is 47.0 Å². The summed E-state index contributed by atoms with van der Waals surface area (Å²) in [5, 5.41) is 0. The van der Waals surface area contributed by atoms with Gasteiger partial charge in [-0.1, -0.05) is 34.2 Å². The van der Waals surface area contributed by atoms with Crippen LogP contribution in [0.5, 0.6) is 0 Å². The number of allylic oxidation sites excluding steroid dienone is 6. The summed E-state index contributed by atoms with van der Waals surface area (Å²) >= 11 is 2.37. The van der Waals surface area contributed by atoms with E-state index in [0.717, 1.165) is 17.3 Å². The van der Waals surface area contributed by atoms with Crippen LogP contribution in [0.15, 0.2) is 33.9 Å². The molecule has 0 radical (unpaired) electrons. The highest BCUT2D eigenvalue weighted by Crippen LogP contribution is 2.26. The zero-order valence-corrected chi connectivity index (χ0v) is 14.3. The van der Waals surface area contributed by atoms with Crippen molar-refractivity contribution in [2.75, 3.05) is 4.43 Å². The van der Waals surface area contributed by atoms with E-state index in [1.165, 1.54) is 5.57 Å². The maximum Gasteiger partial charge on any atom is 0.185 e. The van der Waals surface area contributed by atoms with Gasteiger partial charge in [-0.3, -0.25) is 9.59 Å². The van der Waals surface area contributed by atoms with E-state index in [4.69, 9.17) is 0 Å². The molecule has 1 rings (SSSR count). The van der Waals surface area contributed by atoms with Crippen molar-refractivity contribution in [2.24, 2.45) is 0 Å². The molecule has 0 spiro atoms. The van der Waals surface area contributed by atoms with Gasteiger partial charge in [0.25, 0.3) is 0 Å². The van der Waals surface area contributed by atoms with Gasteiger partial charge in [-0.2, -0.15) is 0 Å². The SMILES string of the molecule is CC1=C(C)C(=O)C(C/C=C(\C)CCCI)=C(C)C1=O. The molecule has 0 amide bonds. The van der Waals surface area contributed by atoms with Crippen molar-refractivity contribution in [1.82, 2.24) is 0 Å². The summed E-state index contributed by atoms with van der Waals surface area (Å²) in [4.78, 5) is 24.2. The Kier molecular flexibility index (Phi) is 6.17. The Morgan fingerprint density at radius 2 is 1.63 bits per heavy atom. The van der Waals surface area contributed by atoms with E-state index in [9.17, 15) is 9.59 Å². The molecule has 0 aliphatic heterocycles. The first kappa shape index (κ1) is 16.3. The summed E-state index contributed by atoms with van der Waals surface area (Å²) in [6.45, 7) is 7.33. The molecule has 3 heteroatoms. The van der Waals surface area contributed by atoms with E-state index in [2.05, 4.69) is 35.6 Å². The number of hydrogen-bond donors (Lipinski definition) is 0. The molecule has 0 unspecified atom stereocenters. The summed E-state index contributed by atoms with van der Waals surface area (Å²) in [7, 11) is 0. The second-order valence-corrected chi connectivity index (χ2v) is 6.14. The minimum Gasteiger partial charge on any atom is -0.289 e. The molecule has 1 aliphatic rings. The van der Waals surface area contributed by atoms with Gasteiger partial charge < -0.3 is 0 Å². The number of carbonyl (C=O) groups excluding carboxylic acids is 2. The smallest absolute Gasteiger partial charge is 0.185 e. The first-order chi connectivity index (χ1) is 8.90. The van der Waals surface area contributed by atoms with Crippen molar-refractivity contribution in [3.05, 3.63) is 33.9 Å². The van der Waals surface area contributed by atoms with Gasteiger partial charge in [-0.05, 0) is 51.4 Å². The quantitative estimate of drug-likeness (QED) is 0.311. The molecule has 0 aromatic heterocycles. The lowest BCUT2D eigenvalue weighted by Crippen LogP contribution is -2.20. The number of Topliss-reactive ketones (excluding diaryl/α,β-unsaturated/α-hetero) is 2. The molecular weight excluding hydrogens is 351 g/mol. The predicted molar refractivity (Wildman–Crippen MR) is 87.6 cm³/mol. The molecule has 0 fully saturated rings. The largest absolute Gasteiger partial charge is 0.289 e. The third kappa shape index (κ3) is 3.88. The third-order valence-corrected chi connectivity index (χ3v) is 4.43. The van der Waals surface area contributed by atoms with Gasteiger partial charge in [0, 0.05) is 22.3 Å². The predicted octanol–water partition coefficient (Wildman–Crippen LogP) is 4.34. The molecule has 0 heterocycles. The first-order valence-electron chi connectivity index (χ1n) is 6.58. The Labute approximate surface area is 129 Å². The van der Waals surface area contributed by atoms with Gasteiger partial charge in [0.15, 0.2) is 11.6 Å². The average Bonchev–Trinajstić information content (AvgIpc) is 2.40. The van der Waals surface area contributed by atoms with Crippen LogP contribution in [0.2, 0.25) is 0 Å². The summed E-state index contributed by atoms with van der Waals surface area (Å²) in [5.74, 6) is 0.0537. The molecule has 0 atom stereocenters. The van der Waals surface area contributed by atoms with Crippen molar-refractivity contribution < 1.29 is 9.59 Å². The van der Waals surface area contributed by atoms with Gasteiger partial charge in [0.1, 0.15) is 0 Å². The van der Waals surface area contributed by atoms with E-state index in [1.807, 2.05) is 0 Å². The highest BCUT2D eigenvalue weighted by molar-refractivity contribution is 14.1. The van der Waals surface area contributed by atoms with Crippen LogP contribution in [0.3, 0.4) is 0 Å².